The first-order valence-corrected chi connectivity index (χ1v) is 7.01. The SMILES string of the molecule is Cc1cc(C(C)(C)C)cc(C)c1C(=O)CNC(C)C. The summed E-state index contributed by atoms with van der Waals surface area (Å²) in [4.78, 5) is 12.3. The van der Waals surface area contributed by atoms with E-state index in [4.69, 9.17) is 0 Å². The average molecular weight is 261 g/mol. The van der Waals surface area contributed by atoms with Gasteiger partial charge in [0.1, 0.15) is 0 Å². The first-order valence-electron chi connectivity index (χ1n) is 7.01. The minimum absolute atomic E-state index is 0.118. The molecule has 1 aromatic carbocycles. The largest absolute Gasteiger partial charge is 0.307 e. The van der Waals surface area contributed by atoms with Gasteiger partial charge in [-0.05, 0) is 36.0 Å². The van der Waals surface area contributed by atoms with Crippen LogP contribution in [0, 0.1) is 13.8 Å². The third-order valence-corrected chi connectivity index (χ3v) is 3.35. The van der Waals surface area contributed by atoms with E-state index in [0.717, 1.165) is 16.7 Å². The lowest BCUT2D eigenvalue weighted by atomic mass is 9.83. The van der Waals surface area contributed by atoms with Gasteiger partial charge in [-0.3, -0.25) is 4.79 Å². The lowest BCUT2D eigenvalue weighted by molar-refractivity contribution is 0.0987. The van der Waals surface area contributed by atoms with E-state index in [1.807, 2.05) is 13.8 Å². The maximum absolute atomic E-state index is 12.3. The molecule has 0 fully saturated rings. The van der Waals surface area contributed by atoms with E-state index in [1.165, 1.54) is 5.56 Å². The van der Waals surface area contributed by atoms with Crippen molar-refractivity contribution in [2.75, 3.05) is 6.54 Å². The molecule has 1 N–H and O–H groups in total. The molecule has 0 unspecified atom stereocenters. The molecule has 0 amide bonds. The highest BCUT2D eigenvalue weighted by atomic mass is 16.1. The van der Waals surface area contributed by atoms with Crippen LogP contribution in [0.5, 0.6) is 0 Å². The number of carbonyl (C=O) groups is 1. The van der Waals surface area contributed by atoms with Gasteiger partial charge in [0.05, 0.1) is 6.54 Å². The Morgan fingerprint density at radius 1 is 1.16 bits per heavy atom. The molecule has 0 saturated carbocycles. The molecular formula is C17H27NO. The molecule has 1 rings (SSSR count). The summed E-state index contributed by atoms with van der Waals surface area (Å²) in [5.74, 6) is 0.184. The average Bonchev–Trinajstić information content (AvgIpc) is 2.24. The van der Waals surface area contributed by atoms with Crippen LogP contribution in [0.25, 0.3) is 0 Å². The molecule has 0 bridgehead atoms. The summed E-state index contributed by atoms with van der Waals surface area (Å²) in [5.41, 5.74) is 4.45. The Morgan fingerprint density at radius 3 is 2.00 bits per heavy atom. The summed E-state index contributed by atoms with van der Waals surface area (Å²) in [6.45, 7) is 15.2. The van der Waals surface area contributed by atoms with Gasteiger partial charge < -0.3 is 5.32 Å². The van der Waals surface area contributed by atoms with E-state index in [1.54, 1.807) is 0 Å². The quantitative estimate of drug-likeness (QED) is 0.836. The Balaban J connectivity index is 3.07. The van der Waals surface area contributed by atoms with E-state index in [9.17, 15) is 4.79 Å². The second-order valence-corrected chi connectivity index (χ2v) is 6.69. The van der Waals surface area contributed by atoms with Gasteiger partial charge in [0.25, 0.3) is 0 Å². The third kappa shape index (κ3) is 4.17. The van der Waals surface area contributed by atoms with Gasteiger partial charge in [0.2, 0.25) is 0 Å². The minimum Gasteiger partial charge on any atom is -0.307 e. The second-order valence-electron chi connectivity index (χ2n) is 6.69. The van der Waals surface area contributed by atoms with Crippen molar-refractivity contribution in [3.05, 3.63) is 34.4 Å². The number of ketones is 1. The normalized spacial score (nSPS) is 12.0. The van der Waals surface area contributed by atoms with Crippen LogP contribution in [0.15, 0.2) is 12.1 Å². The molecule has 1 aromatic rings. The van der Waals surface area contributed by atoms with Crippen LogP contribution >= 0.6 is 0 Å². The van der Waals surface area contributed by atoms with Crippen molar-refractivity contribution in [1.29, 1.82) is 0 Å². The lowest BCUT2D eigenvalue weighted by Crippen LogP contribution is -2.30. The zero-order valence-corrected chi connectivity index (χ0v) is 13.3. The van der Waals surface area contributed by atoms with Gasteiger partial charge >= 0.3 is 0 Å². The molecule has 0 aromatic heterocycles. The summed E-state index contributed by atoms with van der Waals surface area (Å²) in [5, 5.41) is 3.19. The summed E-state index contributed by atoms with van der Waals surface area (Å²) >= 11 is 0. The Kier molecular flexibility index (Phi) is 4.92. The summed E-state index contributed by atoms with van der Waals surface area (Å²) < 4.78 is 0. The van der Waals surface area contributed by atoms with Crippen LogP contribution in [-0.2, 0) is 5.41 Å². The molecule has 0 aliphatic rings. The standard InChI is InChI=1S/C17H27NO/c1-11(2)18-10-15(19)16-12(3)8-14(9-13(16)4)17(5,6)7/h8-9,11,18H,10H2,1-7H3. The van der Waals surface area contributed by atoms with Crippen molar-refractivity contribution in [3.63, 3.8) is 0 Å². The topological polar surface area (TPSA) is 29.1 Å². The van der Waals surface area contributed by atoms with Gasteiger partial charge in [-0.2, -0.15) is 0 Å². The number of rotatable bonds is 4. The van der Waals surface area contributed by atoms with Crippen LogP contribution in [-0.4, -0.2) is 18.4 Å². The Morgan fingerprint density at radius 2 is 1.63 bits per heavy atom. The summed E-state index contributed by atoms with van der Waals surface area (Å²) in [6.07, 6.45) is 0. The second kappa shape index (κ2) is 5.87. The molecule has 0 radical (unpaired) electrons. The molecule has 0 spiro atoms. The zero-order chi connectivity index (χ0) is 14.8. The van der Waals surface area contributed by atoms with Gasteiger partial charge in [-0.25, -0.2) is 0 Å². The number of benzene rings is 1. The number of hydrogen-bond acceptors (Lipinski definition) is 2. The van der Waals surface area contributed by atoms with E-state index in [-0.39, 0.29) is 11.2 Å². The molecule has 2 heteroatoms. The Bertz CT molecular complexity index is 444. The molecule has 0 aliphatic carbocycles. The van der Waals surface area contributed by atoms with Crippen LogP contribution in [0.1, 0.15) is 61.7 Å². The summed E-state index contributed by atoms with van der Waals surface area (Å²) in [6, 6.07) is 4.63. The van der Waals surface area contributed by atoms with Gasteiger partial charge in [0, 0.05) is 11.6 Å². The van der Waals surface area contributed by atoms with E-state index in [2.05, 4.69) is 52.1 Å². The summed E-state index contributed by atoms with van der Waals surface area (Å²) in [7, 11) is 0. The van der Waals surface area contributed by atoms with Crippen LogP contribution in [0.2, 0.25) is 0 Å². The fraction of sp³-hybridized carbons (Fsp3) is 0.588. The highest BCUT2D eigenvalue weighted by molar-refractivity contribution is 6.00. The van der Waals surface area contributed by atoms with Gasteiger partial charge in [-0.15, -0.1) is 0 Å². The van der Waals surface area contributed by atoms with Crippen molar-refractivity contribution < 1.29 is 4.79 Å². The first-order chi connectivity index (χ1) is 8.62. The molecule has 2 nitrogen and oxygen atoms in total. The lowest BCUT2D eigenvalue weighted by Gasteiger charge is -2.22. The predicted octanol–water partition coefficient (Wildman–Crippen LogP) is 3.78. The maximum Gasteiger partial charge on any atom is 0.177 e. The molecule has 0 heterocycles. The van der Waals surface area contributed by atoms with Gasteiger partial charge in [0.15, 0.2) is 5.78 Å². The molecule has 106 valence electrons. The smallest absolute Gasteiger partial charge is 0.177 e. The zero-order valence-electron chi connectivity index (χ0n) is 13.3. The fourth-order valence-electron chi connectivity index (χ4n) is 2.22. The van der Waals surface area contributed by atoms with Crippen molar-refractivity contribution in [2.24, 2.45) is 0 Å². The molecule has 0 atom stereocenters. The Hall–Kier alpha value is -1.15. The first kappa shape index (κ1) is 15.9. The van der Waals surface area contributed by atoms with E-state index < -0.39 is 0 Å². The van der Waals surface area contributed by atoms with E-state index >= 15 is 0 Å². The van der Waals surface area contributed by atoms with E-state index in [0.29, 0.717) is 12.6 Å². The highest BCUT2D eigenvalue weighted by Crippen LogP contribution is 2.27. The molecular weight excluding hydrogens is 234 g/mol. The molecule has 0 aliphatic heterocycles. The number of Topliss-reactive ketones (excluding diaryl/α,β-unsaturated/α-hetero) is 1. The molecule has 0 saturated heterocycles. The van der Waals surface area contributed by atoms with Crippen LogP contribution in [0.3, 0.4) is 0 Å². The van der Waals surface area contributed by atoms with Crippen molar-refractivity contribution >= 4 is 5.78 Å². The predicted molar refractivity (Wildman–Crippen MR) is 82.1 cm³/mol. The third-order valence-electron chi connectivity index (χ3n) is 3.35. The fourth-order valence-corrected chi connectivity index (χ4v) is 2.22. The number of nitrogens with one attached hydrogen (secondary N) is 1. The number of carbonyl (C=O) groups excluding carboxylic acids is 1. The Labute approximate surface area is 117 Å². The monoisotopic (exact) mass is 261 g/mol. The van der Waals surface area contributed by atoms with Crippen LogP contribution in [0.4, 0.5) is 0 Å². The van der Waals surface area contributed by atoms with Crippen LogP contribution < -0.4 is 5.32 Å². The minimum atomic E-state index is 0.118. The molecule has 19 heavy (non-hydrogen) atoms. The highest BCUT2D eigenvalue weighted by Gasteiger charge is 2.19. The van der Waals surface area contributed by atoms with Gasteiger partial charge in [-0.1, -0.05) is 46.8 Å². The van der Waals surface area contributed by atoms with Crippen molar-refractivity contribution in [2.45, 2.75) is 59.9 Å². The van der Waals surface area contributed by atoms with Crippen molar-refractivity contribution in [1.82, 2.24) is 5.32 Å². The van der Waals surface area contributed by atoms with Crippen molar-refractivity contribution in [3.8, 4) is 0 Å². The number of aryl methyl sites for hydroxylation is 2. The number of hydrogen-bond donors (Lipinski definition) is 1. The maximum atomic E-state index is 12.3.